The number of primary amides is 1. The van der Waals surface area contributed by atoms with Gasteiger partial charge in [-0.3, -0.25) is 24.0 Å². The number of nitrogens with zero attached hydrogens (tertiary/aromatic N) is 1. The monoisotopic (exact) mass is 725 g/mol. The summed E-state index contributed by atoms with van der Waals surface area (Å²) in [5.41, 5.74) is 4.62. The molecule has 3 N–H and O–H groups in total. The Morgan fingerprint density at radius 3 is 2.12 bits per heavy atom. The minimum absolute atomic E-state index is 0.0464. The minimum atomic E-state index is -1.02. The summed E-state index contributed by atoms with van der Waals surface area (Å²) in [7, 11) is 0. The molecule has 0 aromatic rings. The number of carbonyl (C=O) groups excluding carboxylic acids is 6. The van der Waals surface area contributed by atoms with Gasteiger partial charge in [0.15, 0.2) is 11.6 Å². The molecule has 4 saturated carbocycles. The van der Waals surface area contributed by atoms with Crippen molar-refractivity contribution in [2.75, 3.05) is 19.8 Å². The molecule has 2 aliphatic heterocycles. The Kier molecular flexibility index (Phi) is 11.1. The number of ketones is 3. The molecule has 0 aromatic carbocycles. The molecule has 0 radical (unpaired) electrons. The molecule has 2 heterocycles. The van der Waals surface area contributed by atoms with Gasteiger partial charge in [0.1, 0.15) is 6.10 Å². The molecule has 0 aromatic heterocycles. The summed E-state index contributed by atoms with van der Waals surface area (Å²) in [4.78, 5) is 83.9. The van der Waals surface area contributed by atoms with Crippen LogP contribution in [0.1, 0.15) is 137 Å². The first-order valence-corrected chi connectivity index (χ1v) is 20.3. The fraction of sp³-hybridized carbons (Fsp3) is 0.854. The van der Waals surface area contributed by atoms with E-state index in [1.54, 1.807) is 4.90 Å². The van der Waals surface area contributed by atoms with E-state index in [0.717, 1.165) is 70.6 Å². The average Bonchev–Trinajstić information content (AvgIpc) is 3.50. The first-order chi connectivity index (χ1) is 24.5. The number of nitrogens with two attached hydrogens (primary N) is 1. The molecule has 11 heteroatoms. The maximum absolute atomic E-state index is 15.1. The summed E-state index contributed by atoms with van der Waals surface area (Å²) < 4.78 is 11.0. The molecule has 6 fully saturated rings. The number of fused-ring (bicyclic) bond motifs is 1. The van der Waals surface area contributed by atoms with Crippen LogP contribution in [-0.4, -0.2) is 78.1 Å². The number of alkyl carbamates (subject to hydrolysis) is 1. The molecule has 3 amide bonds. The number of likely N-dealkylation sites (tertiary alicyclic amines) is 1. The van der Waals surface area contributed by atoms with Gasteiger partial charge in [-0.15, -0.1) is 0 Å². The second-order valence-electron chi connectivity index (χ2n) is 19.0. The van der Waals surface area contributed by atoms with Crippen molar-refractivity contribution in [2.45, 2.75) is 156 Å². The molecule has 4 aliphatic carbocycles. The van der Waals surface area contributed by atoms with Crippen molar-refractivity contribution in [1.29, 1.82) is 0 Å². The van der Waals surface area contributed by atoms with E-state index in [0.29, 0.717) is 44.9 Å². The third-order valence-electron chi connectivity index (χ3n) is 15.0. The number of nitrogens with one attached hydrogen (secondary N) is 1. The number of carbonyl (C=O) groups is 6. The van der Waals surface area contributed by atoms with E-state index < -0.39 is 47.1 Å². The van der Waals surface area contributed by atoms with Crippen LogP contribution in [0.3, 0.4) is 0 Å². The first kappa shape index (κ1) is 38.9. The third kappa shape index (κ3) is 7.08. The summed E-state index contributed by atoms with van der Waals surface area (Å²) in [5.74, 6) is -3.61. The van der Waals surface area contributed by atoms with Gasteiger partial charge in [-0.05, 0) is 66.6 Å². The predicted octanol–water partition coefficient (Wildman–Crippen LogP) is 5.69. The van der Waals surface area contributed by atoms with Gasteiger partial charge >= 0.3 is 6.09 Å². The van der Waals surface area contributed by atoms with Crippen LogP contribution in [0, 0.1) is 45.3 Å². The van der Waals surface area contributed by atoms with Crippen LogP contribution < -0.4 is 11.1 Å². The van der Waals surface area contributed by atoms with Crippen LogP contribution in [0.2, 0.25) is 0 Å². The van der Waals surface area contributed by atoms with E-state index in [1.165, 1.54) is 0 Å². The van der Waals surface area contributed by atoms with Crippen LogP contribution in [0.5, 0.6) is 0 Å². The lowest BCUT2D eigenvalue weighted by Crippen LogP contribution is -2.51. The van der Waals surface area contributed by atoms with Crippen molar-refractivity contribution in [1.82, 2.24) is 10.2 Å². The fourth-order valence-corrected chi connectivity index (χ4v) is 11.3. The number of amides is 3. The number of rotatable bonds is 14. The Labute approximate surface area is 309 Å². The van der Waals surface area contributed by atoms with Gasteiger partial charge in [-0.2, -0.15) is 0 Å². The normalized spacial score (nSPS) is 29.8. The second kappa shape index (κ2) is 14.8. The van der Waals surface area contributed by atoms with Crippen molar-refractivity contribution in [3.05, 3.63) is 0 Å². The van der Waals surface area contributed by atoms with Crippen LogP contribution in [0.4, 0.5) is 4.79 Å². The standard InChI is InChI=1S/C41H63N3O8/c1-38(2,3)29(21-32(46)33(26-13-7-6-8-14-26)43-37(50)52-28-15-18-51-23-28)36(49)44-24-41(39(4,5)40(41)16-10-17-40)22-30(44)31(45)20-27(34(47)35(42)48)19-25-11-9-12-25/h25-30,33H,6-24H2,1-5H3,(H2,42,48)(H,43,50)/t27?,28-,29+,30-,33-,41+/m0/s1. The predicted molar refractivity (Wildman–Crippen MR) is 194 cm³/mol. The van der Waals surface area contributed by atoms with Crippen LogP contribution in [-0.2, 0) is 33.4 Å². The van der Waals surface area contributed by atoms with Gasteiger partial charge in [0.2, 0.25) is 11.7 Å². The molecule has 52 heavy (non-hydrogen) atoms. The lowest BCUT2D eigenvalue weighted by Gasteiger charge is -2.37. The third-order valence-corrected chi connectivity index (χ3v) is 15.0. The quantitative estimate of drug-likeness (QED) is 0.216. The SMILES string of the molecule is CC(C)(C)[C@H](CC(=O)[C@@H](NC(=O)O[C@H]1CCOC1)C1CCCCC1)C(=O)N1C[C@]2(C[C@H]1C(=O)CC(CC1CCC1)C(=O)C(N)=O)C(C)(C)C21CCC1. The van der Waals surface area contributed by atoms with Crippen LogP contribution in [0.25, 0.3) is 0 Å². The Bertz CT molecular complexity index is 1410. The number of ether oxygens (including phenoxy) is 2. The summed E-state index contributed by atoms with van der Waals surface area (Å²) in [5, 5.41) is 2.92. The lowest BCUT2D eigenvalue weighted by atomic mass is 9.73. The molecular weight excluding hydrogens is 662 g/mol. The maximum atomic E-state index is 15.1. The van der Waals surface area contributed by atoms with Crippen molar-refractivity contribution >= 4 is 35.3 Å². The molecule has 2 saturated heterocycles. The highest BCUT2D eigenvalue weighted by molar-refractivity contribution is 6.36. The van der Waals surface area contributed by atoms with Crippen LogP contribution >= 0.6 is 0 Å². The Hall–Kier alpha value is -2.82. The average molecular weight is 726 g/mol. The maximum Gasteiger partial charge on any atom is 0.408 e. The Balaban J connectivity index is 1.25. The van der Waals surface area contributed by atoms with E-state index in [9.17, 15) is 24.0 Å². The van der Waals surface area contributed by atoms with Gasteiger partial charge in [0.05, 0.1) is 25.3 Å². The fourth-order valence-electron chi connectivity index (χ4n) is 11.3. The summed E-state index contributed by atoms with van der Waals surface area (Å²) >= 11 is 0. The van der Waals surface area contributed by atoms with Crippen molar-refractivity contribution in [3.8, 4) is 0 Å². The molecule has 1 unspecified atom stereocenters. The van der Waals surface area contributed by atoms with Gasteiger partial charge in [-0.1, -0.05) is 79.6 Å². The largest absolute Gasteiger partial charge is 0.444 e. The minimum Gasteiger partial charge on any atom is -0.444 e. The van der Waals surface area contributed by atoms with Gasteiger partial charge in [0.25, 0.3) is 5.91 Å². The summed E-state index contributed by atoms with van der Waals surface area (Å²) in [6, 6.07) is -1.52. The Morgan fingerprint density at radius 2 is 1.60 bits per heavy atom. The highest BCUT2D eigenvalue weighted by Gasteiger charge is 2.85. The topological polar surface area (TPSA) is 162 Å². The highest BCUT2D eigenvalue weighted by Crippen LogP contribution is 2.88. The zero-order valence-corrected chi connectivity index (χ0v) is 32.3. The first-order valence-electron chi connectivity index (χ1n) is 20.3. The summed E-state index contributed by atoms with van der Waals surface area (Å²) in [6.45, 7) is 11.7. The zero-order valence-electron chi connectivity index (χ0n) is 32.3. The molecule has 6 aliphatic rings. The molecule has 0 bridgehead atoms. The molecule has 290 valence electrons. The van der Waals surface area contributed by atoms with E-state index in [-0.39, 0.29) is 58.6 Å². The molecular formula is C41H63N3O8. The van der Waals surface area contributed by atoms with Gasteiger partial charge in [0, 0.05) is 43.1 Å². The van der Waals surface area contributed by atoms with Crippen molar-refractivity contribution in [3.63, 3.8) is 0 Å². The Morgan fingerprint density at radius 1 is 0.904 bits per heavy atom. The van der Waals surface area contributed by atoms with Crippen molar-refractivity contribution < 1.29 is 38.2 Å². The smallest absolute Gasteiger partial charge is 0.408 e. The van der Waals surface area contributed by atoms with Gasteiger partial charge < -0.3 is 25.4 Å². The van der Waals surface area contributed by atoms with E-state index >= 15 is 4.79 Å². The number of Topliss-reactive ketones (excluding diaryl/α,β-unsaturated/α-hetero) is 3. The molecule has 6 rings (SSSR count). The summed E-state index contributed by atoms with van der Waals surface area (Å²) in [6.07, 6.45) is 11.3. The zero-order chi connectivity index (χ0) is 37.6. The van der Waals surface area contributed by atoms with Gasteiger partial charge in [-0.25, -0.2) is 4.79 Å². The highest BCUT2D eigenvalue weighted by atomic mass is 16.6. The number of hydrogen-bond donors (Lipinski definition) is 2. The number of hydrogen-bond acceptors (Lipinski definition) is 8. The second-order valence-corrected chi connectivity index (χ2v) is 19.0. The van der Waals surface area contributed by atoms with E-state index in [4.69, 9.17) is 15.2 Å². The van der Waals surface area contributed by atoms with E-state index in [2.05, 4.69) is 19.2 Å². The molecule has 6 atom stereocenters. The lowest BCUT2D eigenvalue weighted by molar-refractivity contribution is -0.147. The molecule has 11 nitrogen and oxygen atoms in total. The van der Waals surface area contributed by atoms with Crippen molar-refractivity contribution in [2.24, 2.45) is 51.1 Å². The van der Waals surface area contributed by atoms with E-state index in [1.807, 2.05) is 20.8 Å². The van der Waals surface area contributed by atoms with Crippen LogP contribution in [0.15, 0.2) is 0 Å². The molecule has 2 spiro atoms.